The van der Waals surface area contributed by atoms with E-state index in [1.807, 2.05) is 6.92 Å². The molecular weight excluding hydrogens is 362 g/mol. The number of aryl methyl sites for hydroxylation is 1. The van der Waals surface area contributed by atoms with Crippen molar-refractivity contribution in [3.05, 3.63) is 43.5 Å². The molecule has 0 aliphatic carbocycles. The van der Waals surface area contributed by atoms with E-state index in [1.165, 1.54) is 12.3 Å². The standard InChI is InChI=1S/C16H20ClN5O2S/c1-11-20-13(10-25-11)9-21-4-2-12(3-5-21)7-18-16-15(17)6-14(8-19-16)22(23)24/h6,8,10,12H,2-5,7,9H2,1H3,(H,18,19). The number of likely N-dealkylation sites (tertiary alicyclic amines) is 1. The Kier molecular flexibility index (Phi) is 5.82. The van der Waals surface area contributed by atoms with Gasteiger partial charge in [-0.3, -0.25) is 15.0 Å². The van der Waals surface area contributed by atoms with E-state index >= 15 is 0 Å². The van der Waals surface area contributed by atoms with E-state index < -0.39 is 4.92 Å². The second-order valence-corrected chi connectivity index (χ2v) is 7.71. The number of thiazole rings is 1. The van der Waals surface area contributed by atoms with Gasteiger partial charge in [-0.25, -0.2) is 9.97 Å². The van der Waals surface area contributed by atoms with E-state index in [0.29, 0.717) is 11.7 Å². The first-order valence-corrected chi connectivity index (χ1v) is 9.44. The SMILES string of the molecule is Cc1nc(CN2CCC(CNc3ncc([N+](=O)[O-])cc3Cl)CC2)cs1. The van der Waals surface area contributed by atoms with Crippen LogP contribution in [0.1, 0.15) is 23.5 Å². The molecule has 9 heteroatoms. The van der Waals surface area contributed by atoms with Gasteiger partial charge >= 0.3 is 0 Å². The number of hydrogen-bond donors (Lipinski definition) is 1. The summed E-state index contributed by atoms with van der Waals surface area (Å²) in [7, 11) is 0. The highest BCUT2D eigenvalue weighted by atomic mass is 35.5. The Hall–Kier alpha value is -1.77. The van der Waals surface area contributed by atoms with E-state index in [-0.39, 0.29) is 10.7 Å². The van der Waals surface area contributed by atoms with Gasteiger partial charge in [-0.05, 0) is 38.8 Å². The van der Waals surface area contributed by atoms with Crippen molar-refractivity contribution in [1.82, 2.24) is 14.9 Å². The first kappa shape index (κ1) is 18.0. The van der Waals surface area contributed by atoms with Crippen molar-refractivity contribution in [1.29, 1.82) is 0 Å². The normalized spacial score (nSPS) is 16.1. The summed E-state index contributed by atoms with van der Waals surface area (Å²) in [5, 5.41) is 17.5. The molecular formula is C16H20ClN5O2S. The van der Waals surface area contributed by atoms with Gasteiger partial charge in [0.15, 0.2) is 0 Å². The monoisotopic (exact) mass is 381 g/mol. The lowest BCUT2D eigenvalue weighted by Gasteiger charge is -2.31. The molecule has 7 nitrogen and oxygen atoms in total. The molecule has 3 rings (SSSR count). The molecule has 0 bridgehead atoms. The maximum atomic E-state index is 10.7. The molecule has 1 aliphatic heterocycles. The average molecular weight is 382 g/mol. The lowest BCUT2D eigenvalue weighted by Crippen LogP contribution is -2.35. The first-order chi connectivity index (χ1) is 12.0. The van der Waals surface area contributed by atoms with Crippen LogP contribution in [0.5, 0.6) is 0 Å². The molecule has 2 aromatic heterocycles. The average Bonchev–Trinajstić information content (AvgIpc) is 3.00. The summed E-state index contributed by atoms with van der Waals surface area (Å²) in [6.45, 7) is 5.81. The van der Waals surface area contributed by atoms with Crippen LogP contribution in [0.25, 0.3) is 0 Å². The quantitative estimate of drug-likeness (QED) is 0.606. The number of halogens is 1. The zero-order valence-corrected chi connectivity index (χ0v) is 15.5. The molecule has 134 valence electrons. The Labute approximate surface area is 155 Å². The third kappa shape index (κ3) is 4.87. The van der Waals surface area contributed by atoms with E-state index in [0.717, 1.165) is 49.7 Å². The van der Waals surface area contributed by atoms with Gasteiger partial charge in [-0.2, -0.15) is 0 Å². The van der Waals surface area contributed by atoms with E-state index in [1.54, 1.807) is 11.3 Å². The molecule has 0 spiro atoms. The number of aromatic nitrogens is 2. The summed E-state index contributed by atoms with van der Waals surface area (Å²) < 4.78 is 0. The third-order valence-electron chi connectivity index (χ3n) is 4.36. The van der Waals surface area contributed by atoms with Crippen LogP contribution in [-0.2, 0) is 6.54 Å². The second-order valence-electron chi connectivity index (χ2n) is 6.24. The molecule has 3 heterocycles. The molecule has 0 amide bonds. The fourth-order valence-electron chi connectivity index (χ4n) is 2.96. The molecule has 25 heavy (non-hydrogen) atoms. The number of nitrogens with one attached hydrogen (secondary N) is 1. The smallest absolute Gasteiger partial charge is 0.289 e. The predicted molar refractivity (Wildman–Crippen MR) is 99.2 cm³/mol. The number of anilines is 1. The van der Waals surface area contributed by atoms with E-state index in [4.69, 9.17) is 11.6 Å². The van der Waals surface area contributed by atoms with Crippen LogP contribution in [0, 0.1) is 23.0 Å². The number of nitro groups is 1. The van der Waals surface area contributed by atoms with Crippen LogP contribution in [0.2, 0.25) is 5.02 Å². The zero-order valence-electron chi connectivity index (χ0n) is 13.9. The molecule has 0 aromatic carbocycles. The zero-order chi connectivity index (χ0) is 17.8. The van der Waals surface area contributed by atoms with Crippen LogP contribution in [0.3, 0.4) is 0 Å². The topological polar surface area (TPSA) is 84.2 Å². The van der Waals surface area contributed by atoms with Crippen molar-refractivity contribution in [2.45, 2.75) is 26.3 Å². The van der Waals surface area contributed by atoms with Crippen LogP contribution >= 0.6 is 22.9 Å². The van der Waals surface area contributed by atoms with Crippen molar-refractivity contribution in [3.8, 4) is 0 Å². The molecule has 1 fully saturated rings. The Morgan fingerprint density at radius 2 is 2.24 bits per heavy atom. The van der Waals surface area contributed by atoms with Gasteiger partial charge in [0.25, 0.3) is 5.69 Å². The van der Waals surface area contributed by atoms with Crippen LogP contribution in [0.4, 0.5) is 11.5 Å². The fourth-order valence-corrected chi connectivity index (χ4v) is 3.79. The van der Waals surface area contributed by atoms with Gasteiger partial charge < -0.3 is 5.32 Å². The van der Waals surface area contributed by atoms with Crippen molar-refractivity contribution < 1.29 is 4.92 Å². The molecule has 0 unspecified atom stereocenters. The fraction of sp³-hybridized carbons (Fsp3) is 0.500. The summed E-state index contributed by atoms with van der Waals surface area (Å²) in [6.07, 6.45) is 3.42. The molecule has 0 atom stereocenters. The van der Waals surface area contributed by atoms with E-state index in [2.05, 4.69) is 25.6 Å². The number of pyridine rings is 1. The van der Waals surface area contributed by atoms with Gasteiger partial charge in [0.2, 0.25) is 0 Å². The highest BCUT2D eigenvalue weighted by Crippen LogP contribution is 2.25. The second kappa shape index (κ2) is 8.07. The largest absolute Gasteiger partial charge is 0.369 e. The molecule has 1 N–H and O–H groups in total. The van der Waals surface area contributed by atoms with Crippen LogP contribution in [-0.4, -0.2) is 39.4 Å². The van der Waals surface area contributed by atoms with Gasteiger partial charge in [-0.15, -0.1) is 11.3 Å². The molecule has 0 saturated carbocycles. The van der Waals surface area contributed by atoms with Crippen molar-refractivity contribution >= 4 is 34.4 Å². The minimum atomic E-state index is -0.498. The summed E-state index contributed by atoms with van der Waals surface area (Å²) in [5.74, 6) is 1.05. The molecule has 2 aromatic rings. The van der Waals surface area contributed by atoms with Crippen molar-refractivity contribution in [2.75, 3.05) is 25.0 Å². The van der Waals surface area contributed by atoms with E-state index in [9.17, 15) is 10.1 Å². The highest BCUT2D eigenvalue weighted by molar-refractivity contribution is 7.09. The van der Waals surface area contributed by atoms with Crippen LogP contribution < -0.4 is 5.32 Å². The maximum absolute atomic E-state index is 10.7. The molecule has 1 aliphatic rings. The Balaban J connectivity index is 1.45. The Bertz CT molecular complexity index is 746. The predicted octanol–water partition coefficient (Wildman–Crippen LogP) is 3.73. The van der Waals surface area contributed by atoms with Gasteiger partial charge in [0, 0.05) is 24.5 Å². The molecule has 0 radical (unpaired) electrons. The third-order valence-corrected chi connectivity index (χ3v) is 5.47. The Morgan fingerprint density at radius 1 is 1.48 bits per heavy atom. The van der Waals surface area contributed by atoms with Gasteiger partial charge in [0.05, 0.1) is 20.6 Å². The summed E-state index contributed by atoms with van der Waals surface area (Å²) in [4.78, 5) is 21.2. The minimum absolute atomic E-state index is 0.0962. The molecule has 1 saturated heterocycles. The van der Waals surface area contributed by atoms with Gasteiger partial charge in [0.1, 0.15) is 12.0 Å². The lowest BCUT2D eigenvalue weighted by molar-refractivity contribution is -0.385. The summed E-state index contributed by atoms with van der Waals surface area (Å²) >= 11 is 7.76. The van der Waals surface area contributed by atoms with Crippen molar-refractivity contribution in [3.63, 3.8) is 0 Å². The highest BCUT2D eigenvalue weighted by Gasteiger charge is 2.20. The minimum Gasteiger partial charge on any atom is -0.369 e. The maximum Gasteiger partial charge on any atom is 0.289 e. The first-order valence-electron chi connectivity index (χ1n) is 8.18. The summed E-state index contributed by atoms with van der Waals surface area (Å²) in [6, 6.07) is 1.33. The number of rotatable bonds is 6. The summed E-state index contributed by atoms with van der Waals surface area (Å²) in [5.41, 5.74) is 1.06. The van der Waals surface area contributed by atoms with Gasteiger partial charge in [-0.1, -0.05) is 11.6 Å². The number of piperidine rings is 1. The number of hydrogen-bond acceptors (Lipinski definition) is 7. The Morgan fingerprint density at radius 3 is 2.84 bits per heavy atom. The lowest BCUT2D eigenvalue weighted by atomic mass is 9.96. The van der Waals surface area contributed by atoms with Crippen molar-refractivity contribution in [2.24, 2.45) is 5.92 Å². The number of nitrogens with zero attached hydrogens (tertiary/aromatic N) is 4. The van der Waals surface area contributed by atoms with Crippen LogP contribution in [0.15, 0.2) is 17.6 Å².